The van der Waals surface area contributed by atoms with Gasteiger partial charge in [-0.15, -0.1) is 0 Å². The number of rotatable bonds is 3. The number of nitrogens with zero attached hydrogens (tertiary/aromatic N) is 1. The van der Waals surface area contributed by atoms with E-state index in [-0.39, 0.29) is 29.9 Å². The number of carbonyl (C=O) groups is 1. The highest BCUT2D eigenvalue weighted by Crippen LogP contribution is 2.16. The van der Waals surface area contributed by atoms with Gasteiger partial charge in [-0.3, -0.25) is 4.79 Å². The van der Waals surface area contributed by atoms with Gasteiger partial charge in [0.1, 0.15) is 5.82 Å². The normalized spacial score (nSPS) is 21.4. The van der Waals surface area contributed by atoms with Gasteiger partial charge in [-0.25, -0.2) is 13.4 Å². The Morgan fingerprint density at radius 1 is 1.55 bits per heavy atom. The zero-order chi connectivity index (χ0) is 14.8. The quantitative estimate of drug-likeness (QED) is 0.833. The maximum Gasteiger partial charge on any atom is 0.227 e. The summed E-state index contributed by atoms with van der Waals surface area (Å²) < 4.78 is 23.9. The summed E-state index contributed by atoms with van der Waals surface area (Å²) in [7, 11) is -3.03. The highest BCUT2D eigenvalue weighted by molar-refractivity contribution is 9.10. The standard InChI is InChI=1S/C12H16BrN3O3S/c1-8-10(13)2-3-11(15-8)16-12(17)6-9-7-20(18,19)5-4-14-9/h2-3,9,14H,4-7H2,1H3,(H,15,16,17). The van der Waals surface area contributed by atoms with Crippen molar-refractivity contribution in [1.82, 2.24) is 10.3 Å². The Balaban J connectivity index is 1.93. The van der Waals surface area contributed by atoms with Crippen molar-refractivity contribution < 1.29 is 13.2 Å². The molecule has 1 amide bonds. The molecule has 6 nitrogen and oxygen atoms in total. The van der Waals surface area contributed by atoms with Crippen molar-refractivity contribution in [3.05, 3.63) is 22.3 Å². The van der Waals surface area contributed by atoms with Crippen molar-refractivity contribution in [1.29, 1.82) is 0 Å². The first-order chi connectivity index (χ1) is 9.35. The number of sulfone groups is 1. The molecule has 20 heavy (non-hydrogen) atoms. The highest BCUT2D eigenvalue weighted by Gasteiger charge is 2.26. The number of amides is 1. The Labute approximate surface area is 126 Å². The summed E-state index contributed by atoms with van der Waals surface area (Å²) in [5, 5.41) is 5.72. The van der Waals surface area contributed by atoms with Gasteiger partial charge < -0.3 is 10.6 Å². The fraction of sp³-hybridized carbons (Fsp3) is 0.500. The lowest BCUT2D eigenvalue weighted by molar-refractivity contribution is -0.116. The van der Waals surface area contributed by atoms with E-state index in [1.807, 2.05) is 6.92 Å². The van der Waals surface area contributed by atoms with Gasteiger partial charge in [0, 0.05) is 23.5 Å². The molecular weight excluding hydrogens is 346 g/mol. The van der Waals surface area contributed by atoms with Crippen LogP contribution in [0.2, 0.25) is 0 Å². The second kappa shape index (κ2) is 6.19. The van der Waals surface area contributed by atoms with E-state index in [0.29, 0.717) is 12.4 Å². The minimum absolute atomic E-state index is 0.00716. The third-order valence-corrected chi connectivity index (χ3v) is 5.60. The van der Waals surface area contributed by atoms with Gasteiger partial charge in [0.2, 0.25) is 5.91 Å². The molecule has 2 heterocycles. The first kappa shape index (κ1) is 15.4. The molecule has 1 aliphatic rings. The lowest BCUT2D eigenvalue weighted by atomic mass is 10.2. The third-order valence-electron chi connectivity index (χ3n) is 3.02. The van der Waals surface area contributed by atoms with Crippen LogP contribution in [0.1, 0.15) is 12.1 Å². The molecule has 110 valence electrons. The molecule has 1 unspecified atom stereocenters. The minimum Gasteiger partial charge on any atom is -0.311 e. The van der Waals surface area contributed by atoms with E-state index in [1.54, 1.807) is 12.1 Å². The molecule has 0 aromatic carbocycles. The minimum atomic E-state index is -3.03. The fourth-order valence-corrected chi connectivity index (χ4v) is 3.69. The van der Waals surface area contributed by atoms with Crippen molar-refractivity contribution in [2.75, 3.05) is 23.4 Å². The molecule has 1 saturated heterocycles. The SMILES string of the molecule is Cc1nc(NC(=O)CC2CS(=O)(=O)CCN2)ccc1Br. The number of aryl methyl sites for hydroxylation is 1. The Hall–Kier alpha value is -0.990. The molecule has 0 saturated carbocycles. The second-order valence-electron chi connectivity index (χ2n) is 4.78. The van der Waals surface area contributed by atoms with Crippen molar-refractivity contribution in [2.45, 2.75) is 19.4 Å². The van der Waals surface area contributed by atoms with Crippen LogP contribution in [-0.2, 0) is 14.6 Å². The second-order valence-corrected chi connectivity index (χ2v) is 7.86. The average Bonchev–Trinajstić information content (AvgIpc) is 2.32. The lowest BCUT2D eigenvalue weighted by Crippen LogP contribution is -2.46. The number of carbonyl (C=O) groups excluding carboxylic acids is 1. The Kier molecular flexibility index (Phi) is 4.77. The smallest absolute Gasteiger partial charge is 0.227 e. The molecule has 1 aromatic rings. The molecule has 1 fully saturated rings. The van der Waals surface area contributed by atoms with Crippen LogP contribution in [0.15, 0.2) is 16.6 Å². The summed E-state index contributed by atoms with van der Waals surface area (Å²) in [5.74, 6) is 0.370. The van der Waals surface area contributed by atoms with Crippen molar-refractivity contribution in [3.63, 3.8) is 0 Å². The molecule has 2 rings (SSSR count). The summed E-state index contributed by atoms with van der Waals surface area (Å²) in [5.41, 5.74) is 0.779. The van der Waals surface area contributed by atoms with E-state index < -0.39 is 9.84 Å². The predicted molar refractivity (Wildman–Crippen MR) is 80.4 cm³/mol. The molecule has 2 N–H and O–H groups in total. The van der Waals surface area contributed by atoms with Gasteiger partial charge in [-0.1, -0.05) is 0 Å². The largest absolute Gasteiger partial charge is 0.311 e. The first-order valence-electron chi connectivity index (χ1n) is 6.22. The molecule has 0 spiro atoms. The first-order valence-corrected chi connectivity index (χ1v) is 8.84. The van der Waals surface area contributed by atoms with E-state index in [4.69, 9.17) is 0 Å². The number of anilines is 1. The van der Waals surface area contributed by atoms with Gasteiger partial charge in [0.05, 0.1) is 17.2 Å². The van der Waals surface area contributed by atoms with Crippen molar-refractivity contribution in [3.8, 4) is 0 Å². The summed E-state index contributed by atoms with van der Waals surface area (Å²) >= 11 is 3.34. The van der Waals surface area contributed by atoms with E-state index >= 15 is 0 Å². The third kappa shape index (κ3) is 4.26. The molecule has 1 aliphatic heterocycles. The fourth-order valence-electron chi connectivity index (χ4n) is 2.03. The van der Waals surface area contributed by atoms with Crippen LogP contribution in [0, 0.1) is 6.92 Å². The zero-order valence-corrected chi connectivity index (χ0v) is 13.4. The highest BCUT2D eigenvalue weighted by atomic mass is 79.9. The molecule has 1 aromatic heterocycles. The number of hydrogen-bond donors (Lipinski definition) is 2. The molecule has 8 heteroatoms. The maximum atomic E-state index is 11.9. The maximum absolute atomic E-state index is 11.9. The molecule has 1 atom stereocenters. The van der Waals surface area contributed by atoms with Gasteiger partial charge in [-0.05, 0) is 35.0 Å². The Bertz CT molecular complexity index is 618. The zero-order valence-electron chi connectivity index (χ0n) is 11.0. The van der Waals surface area contributed by atoms with E-state index in [0.717, 1.165) is 10.2 Å². The van der Waals surface area contributed by atoms with Crippen molar-refractivity contribution in [2.24, 2.45) is 0 Å². The summed E-state index contributed by atoms with van der Waals surface area (Å²) in [6.45, 7) is 2.23. The number of nitrogens with one attached hydrogen (secondary N) is 2. The van der Waals surface area contributed by atoms with Gasteiger partial charge in [0.15, 0.2) is 9.84 Å². The monoisotopic (exact) mass is 361 g/mol. The van der Waals surface area contributed by atoms with E-state index in [1.165, 1.54) is 0 Å². The average molecular weight is 362 g/mol. The van der Waals surface area contributed by atoms with Gasteiger partial charge in [0.25, 0.3) is 0 Å². The lowest BCUT2D eigenvalue weighted by Gasteiger charge is -2.23. The van der Waals surface area contributed by atoms with Crippen LogP contribution in [0.3, 0.4) is 0 Å². The van der Waals surface area contributed by atoms with Crippen LogP contribution in [0.4, 0.5) is 5.82 Å². The van der Waals surface area contributed by atoms with E-state index in [9.17, 15) is 13.2 Å². The summed E-state index contributed by atoms with van der Waals surface area (Å²) in [6.07, 6.45) is 0.121. The topological polar surface area (TPSA) is 88.2 Å². The number of pyridine rings is 1. The predicted octanol–water partition coefficient (Wildman–Crippen LogP) is 0.868. The van der Waals surface area contributed by atoms with Crippen LogP contribution in [-0.4, -0.2) is 43.4 Å². The van der Waals surface area contributed by atoms with Crippen LogP contribution < -0.4 is 10.6 Å². The Morgan fingerprint density at radius 2 is 2.30 bits per heavy atom. The number of aromatic nitrogens is 1. The van der Waals surface area contributed by atoms with Crippen LogP contribution in [0.25, 0.3) is 0 Å². The number of halogens is 1. The summed E-state index contributed by atoms with van der Waals surface area (Å²) in [4.78, 5) is 16.1. The van der Waals surface area contributed by atoms with Gasteiger partial charge >= 0.3 is 0 Å². The van der Waals surface area contributed by atoms with Gasteiger partial charge in [-0.2, -0.15) is 0 Å². The van der Waals surface area contributed by atoms with Crippen LogP contribution in [0.5, 0.6) is 0 Å². The molecule has 0 bridgehead atoms. The van der Waals surface area contributed by atoms with Crippen LogP contribution >= 0.6 is 15.9 Å². The van der Waals surface area contributed by atoms with E-state index in [2.05, 4.69) is 31.5 Å². The Morgan fingerprint density at radius 3 is 2.95 bits per heavy atom. The molecule has 0 radical (unpaired) electrons. The molecular formula is C12H16BrN3O3S. The molecule has 0 aliphatic carbocycles. The number of hydrogen-bond acceptors (Lipinski definition) is 5. The summed E-state index contributed by atoms with van der Waals surface area (Å²) in [6, 6.07) is 3.17. The van der Waals surface area contributed by atoms with Crippen molar-refractivity contribution >= 4 is 37.5 Å².